The number of imide groups is 1. The van der Waals surface area contributed by atoms with Crippen LogP contribution in [-0.4, -0.2) is 11.8 Å². The van der Waals surface area contributed by atoms with Gasteiger partial charge >= 0.3 is 6.18 Å². The lowest BCUT2D eigenvalue weighted by Crippen LogP contribution is -2.33. The maximum atomic E-state index is 12.5. The summed E-state index contributed by atoms with van der Waals surface area (Å²) >= 11 is 5.72. The van der Waals surface area contributed by atoms with Gasteiger partial charge in [-0.2, -0.15) is 13.2 Å². The van der Waals surface area contributed by atoms with Crippen LogP contribution in [0.3, 0.4) is 0 Å². The van der Waals surface area contributed by atoms with E-state index in [4.69, 9.17) is 11.6 Å². The van der Waals surface area contributed by atoms with Gasteiger partial charge in [0.05, 0.1) is 16.3 Å². The molecule has 7 heteroatoms. The van der Waals surface area contributed by atoms with E-state index in [9.17, 15) is 22.8 Å². The van der Waals surface area contributed by atoms with Crippen molar-refractivity contribution >= 4 is 29.1 Å². The number of rotatable bonds is 1. The summed E-state index contributed by atoms with van der Waals surface area (Å²) in [5.74, 6) is -1.41. The van der Waals surface area contributed by atoms with E-state index in [1.54, 1.807) is 0 Å². The topological polar surface area (TPSA) is 37.4 Å². The van der Waals surface area contributed by atoms with E-state index in [0.717, 1.165) is 26.0 Å². The van der Waals surface area contributed by atoms with Crippen molar-refractivity contribution in [2.24, 2.45) is 0 Å². The standard InChI is InChI=1S/C11H9ClF3NO2/c1-6(17)16(7(2)18)10-5-8(11(13,14)15)3-4-9(10)12/h3-5H,1-2H3. The molecule has 3 nitrogen and oxygen atoms in total. The summed E-state index contributed by atoms with van der Waals surface area (Å²) in [6.45, 7) is 2.13. The molecule has 0 spiro atoms. The molecule has 2 amide bonds. The van der Waals surface area contributed by atoms with Crippen LogP contribution < -0.4 is 4.90 Å². The zero-order valence-electron chi connectivity index (χ0n) is 9.51. The highest BCUT2D eigenvalue weighted by atomic mass is 35.5. The molecule has 1 rings (SSSR count). The van der Waals surface area contributed by atoms with Crippen molar-refractivity contribution in [1.29, 1.82) is 0 Å². The number of alkyl halides is 3. The van der Waals surface area contributed by atoms with Gasteiger partial charge in [0, 0.05) is 13.8 Å². The highest BCUT2D eigenvalue weighted by Crippen LogP contribution is 2.35. The molecule has 0 aliphatic rings. The average Bonchev–Trinajstić information content (AvgIpc) is 2.18. The van der Waals surface area contributed by atoms with Gasteiger partial charge in [0.15, 0.2) is 0 Å². The molecular formula is C11H9ClF3NO2. The minimum atomic E-state index is -4.57. The zero-order valence-corrected chi connectivity index (χ0v) is 10.3. The number of nitrogens with zero attached hydrogens (tertiary/aromatic N) is 1. The first-order chi connectivity index (χ1) is 8.14. The Morgan fingerprint density at radius 1 is 1.17 bits per heavy atom. The fraction of sp³-hybridized carbons (Fsp3) is 0.273. The lowest BCUT2D eigenvalue weighted by molar-refractivity contribution is -0.137. The van der Waals surface area contributed by atoms with Gasteiger partial charge in [-0.15, -0.1) is 0 Å². The van der Waals surface area contributed by atoms with Crippen LogP contribution in [0, 0.1) is 0 Å². The maximum absolute atomic E-state index is 12.5. The lowest BCUT2D eigenvalue weighted by atomic mass is 10.1. The highest BCUT2D eigenvalue weighted by molar-refractivity contribution is 6.35. The summed E-state index contributed by atoms with van der Waals surface area (Å²) in [5, 5.41) is -0.103. The molecule has 98 valence electrons. The molecule has 0 saturated heterocycles. The summed E-state index contributed by atoms with van der Waals surface area (Å²) in [6, 6.07) is 2.45. The zero-order chi connectivity index (χ0) is 14.1. The molecule has 0 saturated carbocycles. The molecule has 0 bridgehead atoms. The summed E-state index contributed by atoms with van der Waals surface area (Å²) in [5.41, 5.74) is -1.25. The van der Waals surface area contributed by atoms with Gasteiger partial charge in [-0.25, -0.2) is 4.90 Å². The lowest BCUT2D eigenvalue weighted by Gasteiger charge is -2.20. The van der Waals surface area contributed by atoms with Crippen molar-refractivity contribution in [2.75, 3.05) is 4.90 Å². The number of amides is 2. The molecule has 0 N–H and O–H groups in total. The van der Waals surface area contributed by atoms with E-state index in [1.165, 1.54) is 0 Å². The third-order valence-corrected chi connectivity index (χ3v) is 2.46. The molecule has 0 aliphatic carbocycles. The van der Waals surface area contributed by atoms with Gasteiger partial charge in [0.25, 0.3) is 0 Å². The van der Waals surface area contributed by atoms with Crippen molar-refractivity contribution in [3.63, 3.8) is 0 Å². The number of hydrogen-bond donors (Lipinski definition) is 0. The van der Waals surface area contributed by atoms with E-state index in [0.29, 0.717) is 11.0 Å². The fourth-order valence-corrected chi connectivity index (χ4v) is 1.62. The predicted molar refractivity (Wildman–Crippen MR) is 60.3 cm³/mol. The van der Waals surface area contributed by atoms with Gasteiger partial charge in [-0.05, 0) is 18.2 Å². The molecule has 0 radical (unpaired) electrons. The van der Waals surface area contributed by atoms with Crippen molar-refractivity contribution in [1.82, 2.24) is 0 Å². The molecule has 1 aromatic carbocycles. The van der Waals surface area contributed by atoms with Gasteiger partial charge in [0.2, 0.25) is 11.8 Å². The van der Waals surface area contributed by atoms with E-state index < -0.39 is 23.6 Å². The summed E-state index contributed by atoms with van der Waals surface area (Å²) in [7, 11) is 0. The van der Waals surface area contributed by atoms with Crippen LogP contribution in [0.15, 0.2) is 18.2 Å². The van der Waals surface area contributed by atoms with Crippen molar-refractivity contribution in [3.05, 3.63) is 28.8 Å². The van der Waals surface area contributed by atoms with E-state index in [-0.39, 0.29) is 10.7 Å². The van der Waals surface area contributed by atoms with Crippen LogP contribution >= 0.6 is 11.6 Å². The maximum Gasteiger partial charge on any atom is 0.416 e. The van der Waals surface area contributed by atoms with E-state index >= 15 is 0 Å². The molecule has 0 unspecified atom stereocenters. The summed E-state index contributed by atoms with van der Waals surface area (Å²) in [4.78, 5) is 23.1. The smallest absolute Gasteiger partial charge is 0.274 e. The second-order valence-electron chi connectivity index (χ2n) is 3.54. The van der Waals surface area contributed by atoms with E-state index in [1.807, 2.05) is 0 Å². The van der Waals surface area contributed by atoms with Crippen molar-refractivity contribution < 1.29 is 22.8 Å². The number of carbonyl (C=O) groups is 2. The third kappa shape index (κ3) is 3.01. The number of halogens is 4. The van der Waals surface area contributed by atoms with Gasteiger partial charge in [0.1, 0.15) is 0 Å². The average molecular weight is 280 g/mol. The number of benzene rings is 1. The molecule has 0 heterocycles. The fourth-order valence-electron chi connectivity index (χ4n) is 1.42. The number of hydrogen-bond acceptors (Lipinski definition) is 2. The quantitative estimate of drug-likeness (QED) is 0.791. The monoisotopic (exact) mass is 279 g/mol. The second-order valence-corrected chi connectivity index (χ2v) is 3.94. The first kappa shape index (κ1) is 14.5. The largest absolute Gasteiger partial charge is 0.416 e. The first-order valence-electron chi connectivity index (χ1n) is 4.82. The molecular weight excluding hydrogens is 271 g/mol. The Bertz CT molecular complexity index is 486. The molecule has 18 heavy (non-hydrogen) atoms. The Balaban J connectivity index is 3.39. The van der Waals surface area contributed by atoms with Crippen LogP contribution in [0.1, 0.15) is 19.4 Å². The Morgan fingerprint density at radius 2 is 1.67 bits per heavy atom. The molecule has 1 aromatic rings. The molecule has 0 fully saturated rings. The second kappa shape index (κ2) is 4.97. The van der Waals surface area contributed by atoms with Crippen molar-refractivity contribution in [2.45, 2.75) is 20.0 Å². The van der Waals surface area contributed by atoms with Gasteiger partial charge in [-0.3, -0.25) is 9.59 Å². The predicted octanol–water partition coefficient (Wildman–Crippen LogP) is 3.26. The number of carbonyl (C=O) groups excluding carboxylic acids is 2. The SMILES string of the molecule is CC(=O)N(C(C)=O)c1cc(C(F)(F)F)ccc1Cl. The highest BCUT2D eigenvalue weighted by Gasteiger charge is 2.32. The molecule has 0 atom stereocenters. The van der Waals surface area contributed by atoms with Gasteiger partial charge in [-0.1, -0.05) is 11.6 Å². The van der Waals surface area contributed by atoms with Gasteiger partial charge < -0.3 is 0 Å². The first-order valence-corrected chi connectivity index (χ1v) is 5.20. The van der Waals surface area contributed by atoms with Crippen LogP contribution in [0.5, 0.6) is 0 Å². The molecule has 0 aliphatic heterocycles. The summed E-state index contributed by atoms with van der Waals surface area (Å²) < 4.78 is 37.6. The number of anilines is 1. The Hall–Kier alpha value is -1.56. The van der Waals surface area contributed by atoms with Crippen LogP contribution in [0.4, 0.5) is 18.9 Å². The normalized spacial score (nSPS) is 11.2. The Kier molecular flexibility index (Phi) is 4.01. The van der Waals surface area contributed by atoms with Crippen LogP contribution in [0.25, 0.3) is 0 Å². The summed E-state index contributed by atoms with van der Waals surface area (Å²) in [6.07, 6.45) is -4.57. The van der Waals surface area contributed by atoms with Crippen molar-refractivity contribution in [3.8, 4) is 0 Å². The molecule has 0 aromatic heterocycles. The Labute approximate surface area is 106 Å². The minimum Gasteiger partial charge on any atom is -0.274 e. The van der Waals surface area contributed by atoms with E-state index in [2.05, 4.69) is 0 Å². The third-order valence-electron chi connectivity index (χ3n) is 2.14. The Morgan fingerprint density at radius 3 is 2.06 bits per heavy atom. The minimum absolute atomic E-state index is 0.103. The van der Waals surface area contributed by atoms with Crippen LogP contribution in [-0.2, 0) is 15.8 Å². The van der Waals surface area contributed by atoms with Crippen LogP contribution in [0.2, 0.25) is 5.02 Å².